The van der Waals surface area contributed by atoms with Gasteiger partial charge in [0, 0.05) is 49.6 Å². The monoisotopic (exact) mass is 501 g/mol. The largest absolute Gasteiger partial charge is 0.356 e. The van der Waals surface area contributed by atoms with Gasteiger partial charge in [0.15, 0.2) is 5.16 Å². The summed E-state index contributed by atoms with van der Waals surface area (Å²) in [5, 5.41) is 4.24. The second-order valence-electron chi connectivity index (χ2n) is 9.35. The van der Waals surface area contributed by atoms with Gasteiger partial charge in [-0.1, -0.05) is 41.9 Å². The third kappa shape index (κ3) is 7.33. The number of halogens is 1. The third-order valence-electron chi connectivity index (χ3n) is 6.77. The van der Waals surface area contributed by atoms with Crippen LogP contribution in [0.5, 0.6) is 0 Å². The average molecular weight is 502 g/mol. The van der Waals surface area contributed by atoms with Gasteiger partial charge in [-0.3, -0.25) is 4.79 Å². The van der Waals surface area contributed by atoms with Crippen LogP contribution < -0.4 is 10.2 Å². The fourth-order valence-corrected chi connectivity index (χ4v) is 5.75. The van der Waals surface area contributed by atoms with Crippen LogP contribution in [0.15, 0.2) is 35.5 Å². The zero-order valence-corrected chi connectivity index (χ0v) is 21.7. The van der Waals surface area contributed by atoms with Gasteiger partial charge in [-0.25, -0.2) is 9.97 Å². The van der Waals surface area contributed by atoms with Gasteiger partial charge in [0.2, 0.25) is 0 Å². The minimum absolute atomic E-state index is 0.00440. The first-order valence-corrected chi connectivity index (χ1v) is 14.0. The van der Waals surface area contributed by atoms with Crippen LogP contribution in [-0.2, 0) is 5.75 Å². The van der Waals surface area contributed by atoms with Crippen LogP contribution in [0.2, 0.25) is 5.15 Å². The lowest BCUT2D eigenvalue weighted by atomic mass is 10.0. The van der Waals surface area contributed by atoms with Gasteiger partial charge >= 0.3 is 0 Å². The van der Waals surface area contributed by atoms with Gasteiger partial charge in [-0.05, 0) is 69.7 Å². The lowest BCUT2D eigenvalue weighted by molar-refractivity contribution is 0.0949. The van der Waals surface area contributed by atoms with Crippen LogP contribution in [0.1, 0.15) is 67.8 Å². The molecule has 0 radical (unpaired) electrons. The Balaban J connectivity index is 1.23. The number of carbonyl (C=O) groups is 1. The molecule has 0 bridgehead atoms. The molecule has 1 unspecified atom stereocenters. The van der Waals surface area contributed by atoms with E-state index in [1.807, 2.05) is 30.3 Å². The predicted molar refractivity (Wildman–Crippen MR) is 141 cm³/mol. The molecule has 0 saturated carbocycles. The molecular weight excluding hydrogens is 466 g/mol. The molecular formula is C26H36ClN5OS. The average Bonchev–Trinajstić information content (AvgIpc) is 2.87. The molecule has 2 aliphatic heterocycles. The molecule has 8 heteroatoms. The van der Waals surface area contributed by atoms with Crippen LogP contribution in [0.25, 0.3) is 0 Å². The van der Waals surface area contributed by atoms with Gasteiger partial charge in [-0.2, -0.15) is 0 Å². The highest BCUT2D eigenvalue weighted by molar-refractivity contribution is 7.98. The van der Waals surface area contributed by atoms with Crippen molar-refractivity contribution in [2.45, 2.75) is 68.8 Å². The van der Waals surface area contributed by atoms with Crippen molar-refractivity contribution in [1.82, 2.24) is 20.2 Å². The number of likely N-dealkylation sites (tertiary alicyclic amines) is 1. The van der Waals surface area contributed by atoms with Gasteiger partial charge < -0.3 is 15.1 Å². The molecule has 184 valence electrons. The van der Waals surface area contributed by atoms with Gasteiger partial charge in [0.25, 0.3) is 5.91 Å². The molecule has 2 fully saturated rings. The first-order chi connectivity index (χ1) is 16.6. The minimum atomic E-state index is -0.00440. The fraction of sp³-hybridized carbons (Fsp3) is 0.577. The van der Waals surface area contributed by atoms with Crippen LogP contribution in [-0.4, -0.2) is 59.5 Å². The standard InChI is InChI=1S/C26H36ClN5OS/c1-20-8-3-6-14-31(20)17-7-13-28-25(33)22-11-9-21(10-12-22)19-34-26-29-23(27)18-24(30-26)32-15-4-2-5-16-32/h9-12,18,20H,2-8,13-17,19H2,1H3,(H,28,33). The van der Waals surface area contributed by atoms with E-state index >= 15 is 0 Å². The van der Waals surface area contributed by atoms with Crippen molar-refractivity contribution >= 4 is 35.1 Å². The van der Waals surface area contributed by atoms with Gasteiger partial charge in [0.05, 0.1) is 0 Å². The molecule has 0 aliphatic carbocycles. The Morgan fingerprint density at radius 3 is 2.62 bits per heavy atom. The quantitative estimate of drug-likeness (QED) is 0.214. The molecule has 1 atom stereocenters. The minimum Gasteiger partial charge on any atom is -0.356 e. The summed E-state index contributed by atoms with van der Waals surface area (Å²) >= 11 is 7.84. The van der Waals surface area contributed by atoms with E-state index in [0.717, 1.165) is 43.2 Å². The van der Waals surface area contributed by atoms with Crippen molar-refractivity contribution in [2.75, 3.05) is 37.6 Å². The van der Waals surface area contributed by atoms with Crippen molar-refractivity contribution in [3.63, 3.8) is 0 Å². The van der Waals surface area contributed by atoms with Crippen molar-refractivity contribution < 1.29 is 4.79 Å². The lowest BCUT2D eigenvalue weighted by Gasteiger charge is -2.33. The number of amides is 1. The molecule has 1 aromatic heterocycles. The van der Waals surface area contributed by atoms with E-state index in [1.54, 1.807) is 11.8 Å². The van der Waals surface area contributed by atoms with E-state index in [1.165, 1.54) is 45.1 Å². The Labute approximate surface area is 212 Å². The van der Waals surface area contributed by atoms with Crippen LogP contribution in [0.4, 0.5) is 5.82 Å². The highest BCUT2D eigenvalue weighted by Crippen LogP contribution is 2.26. The number of piperidine rings is 2. The highest BCUT2D eigenvalue weighted by Gasteiger charge is 2.17. The smallest absolute Gasteiger partial charge is 0.251 e. The normalized spacial score (nSPS) is 19.2. The maximum absolute atomic E-state index is 12.5. The molecule has 1 amide bonds. The summed E-state index contributed by atoms with van der Waals surface area (Å²) in [4.78, 5) is 26.5. The summed E-state index contributed by atoms with van der Waals surface area (Å²) in [6.07, 6.45) is 8.59. The summed E-state index contributed by atoms with van der Waals surface area (Å²) < 4.78 is 0. The summed E-state index contributed by atoms with van der Waals surface area (Å²) in [5.41, 5.74) is 1.83. The number of hydrogen-bond donors (Lipinski definition) is 1. The number of benzene rings is 1. The molecule has 34 heavy (non-hydrogen) atoms. The summed E-state index contributed by atoms with van der Waals surface area (Å²) in [6.45, 7) is 7.32. The van der Waals surface area contributed by atoms with Gasteiger partial charge in [-0.15, -0.1) is 0 Å². The number of rotatable bonds is 9. The SMILES string of the molecule is CC1CCCCN1CCCNC(=O)c1ccc(CSc2nc(Cl)cc(N3CCCCC3)n2)cc1. The molecule has 3 heterocycles. The van der Waals surface area contributed by atoms with Crippen molar-refractivity contribution in [3.8, 4) is 0 Å². The maximum atomic E-state index is 12.5. The molecule has 0 spiro atoms. The molecule has 1 N–H and O–H groups in total. The fourth-order valence-electron chi connectivity index (χ4n) is 4.71. The second-order valence-corrected chi connectivity index (χ2v) is 10.7. The molecule has 4 rings (SSSR count). The summed E-state index contributed by atoms with van der Waals surface area (Å²) in [7, 11) is 0. The Kier molecular flexibility index (Phi) is 9.48. The van der Waals surface area contributed by atoms with E-state index in [0.29, 0.717) is 28.5 Å². The third-order valence-corrected chi connectivity index (χ3v) is 7.89. The maximum Gasteiger partial charge on any atom is 0.251 e. The Bertz CT molecular complexity index is 935. The number of anilines is 1. The molecule has 2 aliphatic rings. The lowest BCUT2D eigenvalue weighted by Crippen LogP contribution is -2.39. The number of carbonyl (C=O) groups excluding carboxylic acids is 1. The van der Waals surface area contributed by atoms with Gasteiger partial charge in [0.1, 0.15) is 11.0 Å². The van der Waals surface area contributed by atoms with Crippen LogP contribution in [0, 0.1) is 0 Å². The second kappa shape index (κ2) is 12.8. The first-order valence-electron chi connectivity index (χ1n) is 12.6. The molecule has 6 nitrogen and oxygen atoms in total. The summed E-state index contributed by atoms with van der Waals surface area (Å²) in [5.74, 6) is 1.65. The van der Waals surface area contributed by atoms with E-state index < -0.39 is 0 Å². The van der Waals surface area contributed by atoms with Crippen LogP contribution >= 0.6 is 23.4 Å². The predicted octanol–water partition coefficient (Wildman–Crippen LogP) is 5.41. The Morgan fingerprint density at radius 2 is 1.85 bits per heavy atom. The van der Waals surface area contributed by atoms with Crippen LogP contribution in [0.3, 0.4) is 0 Å². The zero-order valence-electron chi connectivity index (χ0n) is 20.1. The molecule has 2 saturated heterocycles. The Morgan fingerprint density at radius 1 is 1.09 bits per heavy atom. The topological polar surface area (TPSA) is 61.4 Å². The summed E-state index contributed by atoms with van der Waals surface area (Å²) in [6, 6.07) is 10.3. The number of hydrogen-bond acceptors (Lipinski definition) is 6. The first kappa shape index (κ1) is 25.3. The van der Waals surface area contributed by atoms with Crippen molar-refractivity contribution in [1.29, 1.82) is 0 Å². The van der Waals surface area contributed by atoms with Crippen molar-refractivity contribution in [2.24, 2.45) is 0 Å². The van der Waals surface area contributed by atoms with Crippen molar-refractivity contribution in [3.05, 3.63) is 46.6 Å². The van der Waals surface area contributed by atoms with E-state index in [9.17, 15) is 4.79 Å². The molecule has 1 aromatic carbocycles. The highest BCUT2D eigenvalue weighted by atomic mass is 35.5. The Hall–Kier alpha value is -1.83. The van der Waals surface area contributed by atoms with E-state index in [2.05, 4.69) is 27.0 Å². The number of thioether (sulfide) groups is 1. The zero-order chi connectivity index (χ0) is 23.8. The van der Waals surface area contributed by atoms with E-state index in [4.69, 9.17) is 16.6 Å². The number of aromatic nitrogens is 2. The van der Waals surface area contributed by atoms with E-state index in [-0.39, 0.29) is 5.91 Å². The number of nitrogens with zero attached hydrogens (tertiary/aromatic N) is 4. The molecule has 2 aromatic rings. The number of nitrogens with one attached hydrogen (secondary N) is 1.